The molecule has 206 valence electrons. The molecule has 4 amide bonds. The highest BCUT2D eigenvalue weighted by atomic mass is 16.2. The molecule has 0 saturated heterocycles. The number of amides is 4. The van der Waals surface area contributed by atoms with E-state index in [4.69, 9.17) is 11.5 Å². The van der Waals surface area contributed by atoms with Crippen LogP contribution in [0.25, 0.3) is 32.9 Å². The van der Waals surface area contributed by atoms with Crippen LogP contribution in [-0.4, -0.2) is 23.6 Å². The molecule has 0 aliphatic heterocycles. The van der Waals surface area contributed by atoms with Gasteiger partial charge in [0, 0.05) is 54.1 Å². The minimum absolute atomic E-state index is 0.168. The van der Waals surface area contributed by atoms with Gasteiger partial charge in [0.25, 0.3) is 0 Å². The molecule has 1 aromatic heterocycles. The van der Waals surface area contributed by atoms with Crippen molar-refractivity contribution in [2.24, 2.45) is 11.5 Å². The lowest BCUT2D eigenvalue weighted by atomic mass is 9.98. The van der Waals surface area contributed by atoms with Gasteiger partial charge in [0.2, 0.25) is 34.8 Å². The zero-order valence-electron chi connectivity index (χ0n) is 22.5. The number of carbonyl (C=O) groups is 4. The summed E-state index contributed by atoms with van der Waals surface area (Å²) >= 11 is 0. The number of nitrogens with two attached hydrogens (primary N) is 2. The third kappa shape index (κ3) is 6.79. The summed E-state index contributed by atoms with van der Waals surface area (Å²) in [5.74, 6) is -1.20. The molecule has 0 fully saturated rings. The standard InChI is InChI=1S/C31H33N5O4/c1-2-36-26-19-22(35-30(40)13-7-11-28(33)38)15-17-24(26)23-16-14-21(34-29(39)12-6-10-27(32)37)18-25(23)31(36)20-8-4-3-5-9-20/h3-5,8-9,14-19H,2,6-7,10-13H2,1H3,(H5,32,33,34,37,38,39)/p+1. The Kier molecular flexibility index (Phi) is 9.06. The molecule has 0 unspecified atom stereocenters. The van der Waals surface area contributed by atoms with E-state index in [1.807, 2.05) is 66.7 Å². The quantitative estimate of drug-likeness (QED) is 0.158. The Hall–Kier alpha value is -4.79. The highest BCUT2D eigenvalue weighted by Crippen LogP contribution is 2.34. The number of nitrogens with zero attached hydrogens (tertiary/aromatic N) is 1. The molecule has 0 aliphatic rings. The Morgan fingerprint density at radius 3 is 1.77 bits per heavy atom. The molecule has 0 spiro atoms. The number of carbonyl (C=O) groups excluding carboxylic acids is 4. The molecule has 9 heteroatoms. The van der Waals surface area contributed by atoms with E-state index in [0.717, 1.165) is 32.9 Å². The predicted molar refractivity (Wildman–Crippen MR) is 156 cm³/mol. The number of hydrogen-bond acceptors (Lipinski definition) is 4. The van der Waals surface area contributed by atoms with Crippen molar-refractivity contribution in [3.63, 3.8) is 0 Å². The molecule has 0 aliphatic carbocycles. The third-order valence-corrected chi connectivity index (χ3v) is 6.71. The second kappa shape index (κ2) is 12.8. The maximum atomic E-state index is 12.5. The van der Waals surface area contributed by atoms with Crippen LogP contribution in [0, 0.1) is 0 Å². The molecular formula is C31H34N5O4+. The van der Waals surface area contributed by atoms with Crippen molar-refractivity contribution in [2.45, 2.75) is 52.0 Å². The van der Waals surface area contributed by atoms with E-state index >= 15 is 0 Å². The van der Waals surface area contributed by atoms with Crippen molar-refractivity contribution in [1.82, 2.24) is 0 Å². The van der Waals surface area contributed by atoms with Crippen LogP contribution in [0.4, 0.5) is 11.4 Å². The molecule has 6 N–H and O–H groups in total. The predicted octanol–water partition coefficient (Wildman–Crippen LogP) is 4.16. The Morgan fingerprint density at radius 2 is 1.23 bits per heavy atom. The highest BCUT2D eigenvalue weighted by molar-refractivity contribution is 6.11. The van der Waals surface area contributed by atoms with Crippen molar-refractivity contribution in [2.75, 3.05) is 10.6 Å². The van der Waals surface area contributed by atoms with Gasteiger partial charge in [0.15, 0.2) is 0 Å². The van der Waals surface area contributed by atoms with Crippen molar-refractivity contribution in [1.29, 1.82) is 0 Å². The van der Waals surface area contributed by atoms with Gasteiger partial charge in [-0.25, -0.2) is 0 Å². The maximum Gasteiger partial charge on any atom is 0.224 e. The van der Waals surface area contributed by atoms with E-state index in [1.54, 1.807) is 0 Å². The minimum Gasteiger partial charge on any atom is -0.370 e. The second-order valence-corrected chi connectivity index (χ2v) is 9.69. The lowest BCUT2D eigenvalue weighted by Gasteiger charge is -2.14. The number of anilines is 2. The molecule has 1 heterocycles. The maximum absolute atomic E-state index is 12.5. The van der Waals surface area contributed by atoms with Crippen LogP contribution in [0.5, 0.6) is 0 Å². The lowest BCUT2D eigenvalue weighted by molar-refractivity contribution is -0.655. The first-order valence-electron chi connectivity index (χ1n) is 13.4. The molecular weight excluding hydrogens is 506 g/mol. The van der Waals surface area contributed by atoms with Crippen LogP contribution in [-0.2, 0) is 25.7 Å². The summed E-state index contributed by atoms with van der Waals surface area (Å²) in [6, 6.07) is 21.7. The van der Waals surface area contributed by atoms with Gasteiger partial charge in [-0.15, -0.1) is 0 Å². The Labute approximate surface area is 232 Å². The zero-order chi connectivity index (χ0) is 28.6. The Balaban J connectivity index is 1.77. The van der Waals surface area contributed by atoms with Gasteiger partial charge in [-0.2, -0.15) is 4.57 Å². The van der Waals surface area contributed by atoms with Crippen LogP contribution in [0.3, 0.4) is 0 Å². The lowest BCUT2D eigenvalue weighted by Crippen LogP contribution is -2.36. The average Bonchev–Trinajstić information content (AvgIpc) is 2.92. The van der Waals surface area contributed by atoms with Crippen LogP contribution in [0.15, 0.2) is 66.7 Å². The first-order chi connectivity index (χ1) is 19.3. The molecule has 0 radical (unpaired) electrons. The van der Waals surface area contributed by atoms with E-state index in [-0.39, 0.29) is 37.5 Å². The van der Waals surface area contributed by atoms with Gasteiger partial charge >= 0.3 is 0 Å². The summed E-state index contributed by atoms with van der Waals surface area (Å²) in [5.41, 5.74) is 14.7. The van der Waals surface area contributed by atoms with Gasteiger partial charge in [-0.3, -0.25) is 19.2 Å². The van der Waals surface area contributed by atoms with Crippen LogP contribution < -0.4 is 26.7 Å². The van der Waals surface area contributed by atoms with E-state index in [0.29, 0.717) is 30.8 Å². The summed E-state index contributed by atoms with van der Waals surface area (Å²) in [6.07, 6.45) is 1.55. The van der Waals surface area contributed by atoms with Crippen molar-refractivity contribution >= 4 is 56.7 Å². The third-order valence-electron chi connectivity index (χ3n) is 6.71. The SMILES string of the molecule is CC[n+]1c(-c2ccccc2)c2cc(NC(=O)CCCC(N)=O)ccc2c2ccc(NC(=O)CCCC(N)=O)cc21. The smallest absolute Gasteiger partial charge is 0.224 e. The number of benzene rings is 3. The summed E-state index contributed by atoms with van der Waals surface area (Å²) in [4.78, 5) is 47.0. The molecule has 3 aromatic carbocycles. The first kappa shape index (κ1) is 28.2. The topological polar surface area (TPSA) is 148 Å². The number of hydrogen-bond donors (Lipinski definition) is 4. The van der Waals surface area contributed by atoms with E-state index in [2.05, 4.69) is 22.1 Å². The van der Waals surface area contributed by atoms with E-state index < -0.39 is 11.8 Å². The Bertz CT molecular complexity index is 1580. The molecule has 0 bridgehead atoms. The summed E-state index contributed by atoms with van der Waals surface area (Å²) in [6.45, 7) is 2.73. The molecule has 40 heavy (non-hydrogen) atoms. The molecule has 9 nitrogen and oxygen atoms in total. The van der Waals surface area contributed by atoms with Crippen LogP contribution >= 0.6 is 0 Å². The normalized spacial score (nSPS) is 10.9. The van der Waals surface area contributed by atoms with Crippen molar-refractivity contribution in [3.05, 3.63) is 66.7 Å². The van der Waals surface area contributed by atoms with E-state index in [1.165, 1.54) is 0 Å². The van der Waals surface area contributed by atoms with E-state index in [9.17, 15) is 19.2 Å². The van der Waals surface area contributed by atoms with Gasteiger partial charge in [-0.05, 0) is 56.2 Å². The molecule has 0 atom stereocenters. The first-order valence-corrected chi connectivity index (χ1v) is 13.4. The van der Waals surface area contributed by atoms with Gasteiger partial charge in [0.05, 0.1) is 10.8 Å². The fourth-order valence-corrected chi connectivity index (χ4v) is 4.91. The van der Waals surface area contributed by atoms with Crippen LogP contribution in [0.2, 0.25) is 0 Å². The van der Waals surface area contributed by atoms with Gasteiger partial charge < -0.3 is 22.1 Å². The average molecular weight is 541 g/mol. The summed E-state index contributed by atoms with van der Waals surface area (Å²) < 4.78 is 2.20. The Morgan fingerprint density at radius 1 is 0.675 bits per heavy atom. The summed E-state index contributed by atoms with van der Waals surface area (Å²) in [5, 5.41) is 8.87. The number of fused-ring (bicyclic) bond motifs is 3. The summed E-state index contributed by atoms with van der Waals surface area (Å²) in [7, 11) is 0. The zero-order valence-corrected chi connectivity index (χ0v) is 22.5. The molecule has 4 rings (SSSR count). The van der Waals surface area contributed by atoms with Gasteiger partial charge in [0.1, 0.15) is 6.54 Å². The molecule has 0 saturated carbocycles. The van der Waals surface area contributed by atoms with Gasteiger partial charge in [-0.1, -0.05) is 24.3 Å². The number of primary amides is 2. The largest absolute Gasteiger partial charge is 0.370 e. The number of aromatic nitrogens is 1. The molecule has 4 aromatic rings. The monoisotopic (exact) mass is 540 g/mol. The number of rotatable bonds is 12. The van der Waals surface area contributed by atoms with Crippen LogP contribution in [0.1, 0.15) is 45.4 Å². The number of aryl methyl sites for hydroxylation is 1. The number of pyridine rings is 1. The number of nitrogens with one attached hydrogen (secondary N) is 2. The fourth-order valence-electron chi connectivity index (χ4n) is 4.91. The van der Waals surface area contributed by atoms with Crippen molar-refractivity contribution in [3.8, 4) is 11.3 Å². The fraction of sp³-hybridized carbons (Fsp3) is 0.258. The van der Waals surface area contributed by atoms with Crippen molar-refractivity contribution < 1.29 is 23.7 Å². The minimum atomic E-state index is -0.423. The second-order valence-electron chi connectivity index (χ2n) is 9.69. The highest BCUT2D eigenvalue weighted by Gasteiger charge is 2.23.